The standard InChI is InChI=1S/C12H15NO3/c1-8(7-14)11-6-10(9-2-3-9)4-5-12(11)13(15)16/h4-6,8-9,14H,2-3,7H2,1H3. The maximum absolute atomic E-state index is 10.9. The molecule has 0 radical (unpaired) electrons. The number of nitro benzene ring substituents is 1. The largest absolute Gasteiger partial charge is 0.396 e. The summed E-state index contributed by atoms with van der Waals surface area (Å²) in [6.45, 7) is 1.74. The average molecular weight is 221 g/mol. The van der Waals surface area contributed by atoms with Gasteiger partial charge in [0.1, 0.15) is 0 Å². The first kappa shape index (κ1) is 11.1. The molecule has 1 aliphatic rings. The molecule has 1 N–H and O–H groups in total. The van der Waals surface area contributed by atoms with Gasteiger partial charge in [-0.05, 0) is 30.4 Å². The fourth-order valence-corrected chi connectivity index (χ4v) is 1.90. The van der Waals surface area contributed by atoms with Crippen molar-refractivity contribution >= 4 is 5.69 Å². The van der Waals surface area contributed by atoms with Gasteiger partial charge in [-0.15, -0.1) is 0 Å². The predicted molar refractivity (Wildman–Crippen MR) is 60.6 cm³/mol. The first-order chi connectivity index (χ1) is 7.63. The molecule has 1 aliphatic carbocycles. The summed E-state index contributed by atoms with van der Waals surface area (Å²) in [5, 5.41) is 20.0. The quantitative estimate of drug-likeness (QED) is 0.627. The van der Waals surface area contributed by atoms with Gasteiger partial charge in [0, 0.05) is 24.2 Å². The van der Waals surface area contributed by atoms with Crippen LogP contribution in [0.15, 0.2) is 18.2 Å². The number of nitrogens with zero attached hydrogens (tertiary/aromatic N) is 1. The van der Waals surface area contributed by atoms with Crippen molar-refractivity contribution in [1.29, 1.82) is 0 Å². The second-order valence-electron chi connectivity index (χ2n) is 4.43. The van der Waals surface area contributed by atoms with Crippen LogP contribution in [-0.2, 0) is 0 Å². The van der Waals surface area contributed by atoms with Crippen LogP contribution in [0.5, 0.6) is 0 Å². The Bertz CT molecular complexity index is 413. The monoisotopic (exact) mass is 221 g/mol. The Morgan fingerprint density at radius 3 is 2.75 bits per heavy atom. The Hall–Kier alpha value is -1.42. The van der Waals surface area contributed by atoms with Crippen LogP contribution in [0.25, 0.3) is 0 Å². The normalized spacial score (nSPS) is 17.1. The SMILES string of the molecule is CC(CO)c1cc(C2CC2)ccc1[N+](=O)[O-]. The van der Waals surface area contributed by atoms with Gasteiger partial charge in [-0.25, -0.2) is 0 Å². The third-order valence-corrected chi connectivity index (χ3v) is 3.10. The Morgan fingerprint density at radius 2 is 2.25 bits per heavy atom. The van der Waals surface area contributed by atoms with Crippen molar-refractivity contribution in [1.82, 2.24) is 0 Å². The molecule has 0 spiro atoms. The third kappa shape index (κ3) is 2.07. The molecule has 0 bridgehead atoms. The van der Waals surface area contributed by atoms with E-state index in [-0.39, 0.29) is 23.1 Å². The molecule has 1 aromatic carbocycles. The minimum atomic E-state index is -0.377. The minimum Gasteiger partial charge on any atom is -0.396 e. The van der Waals surface area contributed by atoms with Crippen LogP contribution in [0.2, 0.25) is 0 Å². The van der Waals surface area contributed by atoms with Crippen LogP contribution in [0.3, 0.4) is 0 Å². The molecule has 0 aromatic heterocycles. The lowest BCUT2D eigenvalue weighted by Gasteiger charge is -2.10. The van der Waals surface area contributed by atoms with Crippen molar-refractivity contribution in [2.75, 3.05) is 6.61 Å². The molecule has 1 fully saturated rings. The maximum atomic E-state index is 10.9. The molecule has 1 saturated carbocycles. The van der Waals surface area contributed by atoms with Crippen LogP contribution in [0.1, 0.15) is 42.7 Å². The number of hydrogen-bond donors (Lipinski definition) is 1. The molecule has 2 rings (SSSR count). The summed E-state index contributed by atoms with van der Waals surface area (Å²) in [5.74, 6) is 0.393. The molecule has 0 amide bonds. The van der Waals surface area contributed by atoms with Gasteiger partial charge in [0.2, 0.25) is 0 Å². The van der Waals surface area contributed by atoms with Crippen LogP contribution in [0.4, 0.5) is 5.69 Å². The van der Waals surface area contributed by atoms with Gasteiger partial charge in [-0.2, -0.15) is 0 Å². The summed E-state index contributed by atoms with van der Waals surface area (Å²) in [5.41, 5.74) is 1.93. The van der Waals surface area contributed by atoms with Crippen LogP contribution < -0.4 is 0 Å². The molecule has 0 saturated heterocycles. The number of aliphatic hydroxyl groups excluding tert-OH is 1. The zero-order valence-corrected chi connectivity index (χ0v) is 9.22. The first-order valence-corrected chi connectivity index (χ1v) is 5.52. The van der Waals surface area contributed by atoms with Crippen LogP contribution >= 0.6 is 0 Å². The van der Waals surface area contributed by atoms with Gasteiger partial charge in [-0.3, -0.25) is 10.1 Å². The number of hydrogen-bond acceptors (Lipinski definition) is 3. The Kier molecular flexibility index (Phi) is 2.92. The highest BCUT2D eigenvalue weighted by Gasteiger charge is 2.26. The summed E-state index contributed by atoms with van der Waals surface area (Å²) in [6.07, 6.45) is 2.34. The summed E-state index contributed by atoms with van der Waals surface area (Å²) >= 11 is 0. The molecule has 4 heteroatoms. The molecular formula is C12H15NO3. The molecule has 86 valence electrons. The van der Waals surface area contributed by atoms with Gasteiger partial charge in [0.05, 0.1) is 4.92 Å². The fourth-order valence-electron chi connectivity index (χ4n) is 1.90. The lowest BCUT2D eigenvalue weighted by Crippen LogP contribution is -2.04. The molecule has 1 aromatic rings. The van der Waals surface area contributed by atoms with Crippen molar-refractivity contribution in [3.05, 3.63) is 39.4 Å². The van der Waals surface area contributed by atoms with Gasteiger partial charge < -0.3 is 5.11 Å². The van der Waals surface area contributed by atoms with Gasteiger partial charge in [0.25, 0.3) is 5.69 Å². The van der Waals surface area contributed by atoms with Gasteiger partial charge >= 0.3 is 0 Å². The van der Waals surface area contributed by atoms with E-state index in [1.54, 1.807) is 13.0 Å². The lowest BCUT2D eigenvalue weighted by molar-refractivity contribution is -0.385. The van der Waals surface area contributed by atoms with Crippen LogP contribution in [0, 0.1) is 10.1 Å². The van der Waals surface area contributed by atoms with Crippen molar-refractivity contribution in [3.8, 4) is 0 Å². The molecule has 16 heavy (non-hydrogen) atoms. The van der Waals surface area contributed by atoms with Crippen molar-refractivity contribution in [3.63, 3.8) is 0 Å². The minimum absolute atomic E-state index is 0.0606. The Morgan fingerprint density at radius 1 is 1.56 bits per heavy atom. The molecule has 1 atom stereocenters. The second kappa shape index (κ2) is 4.22. The van der Waals surface area contributed by atoms with E-state index < -0.39 is 0 Å². The number of rotatable bonds is 4. The van der Waals surface area contributed by atoms with Gasteiger partial charge in [-0.1, -0.05) is 13.0 Å². The molecule has 0 heterocycles. The van der Waals surface area contributed by atoms with E-state index in [1.165, 1.54) is 18.4 Å². The van der Waals surface area contributed by atoms with E-state index in [1.807, 2.05) is 12.1 Å². The highest BCUT2D eigenvalue weighted by molar-refractivity contribution is 5.46. The topological polar surface area (TPSA) is 63.4 Å². The summed E-state index contributed by atoms with van der Waals surface area (Å²) in [4.78, 5) is 10.5. The number of benzene rings is 1. The third-order valence-electron chi connectivity index (χ3n) is 3.10. The molecule has 0 aliphatic heterocycles. The highest BCUT2D eigenvalue weighted by Crippen LogP contribution is 2.42. The zero-order valence-electron chi connectivity index (χ0n) is 9.22. The van der Waals surface area contributed by atoms with E-state index in [9.17, 15) is 10.1 Å². The average Bonchev–Trinajstić information content (AvgIpc) is 3.11. The summed E-state index contributed by atoms with van der Waals surface area (Å²) < 4.78 is 0. The zero-order chi connectivity index (χ0) is 11.7. The Labute approximate surface area is 94.1 Å². The number of nitro groups is 1. The van der Waals surface area contributed by atoms with E-state index >= 15 is 0 Å². The maximum Gasteiger partial charge on any atom is 0.272 e. The summed E-state index contributed by atoms with van der Waals surface area (Å²) in [6, 6.07) is 5.29. The first-order valence-electron chi connectivity index (χ1n) is 5.52. The smallest absolute Gasteiger partial charge is 0.272 e. The lowest BCUT2D eigenvalue weighted by atomic mass is 9.96. The van der Waals surface area contributed by atoms with Crippen molar-refractivity contribution < 1.29 is 10.0 Å². The molecule has 4 nitrogen and oxygen atoms in total. The predicted octanol–water partition coefficient (Wildman–Crippen LogP) is 2.57. The van der Waals surface area contributed by atoms with E-state index in [4.69, 9.17) is 5.11 Å². The molecule has 1 unspecified atom stereocenters. The molecular weight excluding hydrogens is 206 g/mol. The number of aliphatic hydroxyl groups is 1. The fraction of sp³-hybridized carbons (Fsp3) is 0.500. The summed E-state index contributed by atoms with van der Waals surface area (Å²) in [7, 11) is 0. The second-order valence-corrected chi connectivity index (χ2v) is 4.43. The van der Waals surface area contributed by atoms with E-state index in [0.717, 1.165) is 0 Å². The van der Waals surface area contributed by atoms with Crippen molar-refractivity contribution in [2.24, 2.45) is 0 Å². The van der Waals surface area contributed by atoms with E-state index in [0.29, 0.717) is 11.5 Å². The Balaban J connectivity index is 2.41. The van der Waals surface area contributed by atoms with E-state index in [2.05, 4.69) is 0 Å². The van der Waals surface area contributed by atoms with Crippen LogP contribution in [-0.4, -0.2) is 16.6 Å². The highest BCUT2D eigenvalue weighted by atomic mass is 16.6. The van der Waals surface area contributed by atoms with Crippen molar-refractivity contribution in [2.45, 2.75) is 31.6 Å². The van der Waals surface area contributed by atoms with Gasteiger partial charge in [0.15, 0.2) is 0 Å².